The molecule has 1 unspecified atom stereocenters. The second-order valence-corrected chi connectivity index (χ2v) is 36.3. The van der Waals surface area contributed by atoms with Gasteiger partial charge in [-0.25, -0.2) is 0 Å². The van der Waals surface area contributed by atoms with Crippen LogP contribution in [0.4, 0.5) is 13.2 Å². The Morgan fingerprint density at radius 1 is 0.277 bits per heavy atom. The van der Waals surface area contributed by atoms with Crippen LogP contribution in [-0.2, 0) is 10.8 Å². The number of alkyl halides is 3. The Bertz CT molecular complexity index is 6080. The first-order chi connectivity index (χ1) is 56.5. The number of thiophene rings is 1. The minimum atomic E-state index is -4.30. The maximum atomic E-state index is 13.6. The molecular formula is C114H119F3OS. The van der Waals surface area contributed by atoms with Crippen LogP contribution >= 0.6 is 11.3 Å². The van der Waals surface area contributed by atoms with Crippen molar-refractivity contribution in [2.45, 2.75) is 200 Å². The number of para-hydroxylation sites is 1. The van der Waals surface area contributed by atoms with Crippen molar-refractivity contribution in [1.82, 2.24) is 0 Å². The third kappa shape index (κ3) is 19.1. The first-order valence-corrected chi connectivity index (χ1v) is 43.2. The van der Waals surface area contributed by atoms with Crippen LogP contribution in [0.15, 0.2) is 283 Å². The summed E-state index contributed by atoms with van der Waals surface area (Å²) in [7, 11) is 0. The number of rotatable bonds is 7. The number of fused-ring (bicyclic) bond motifs is 12. The molecule has 0 amide bonds. The molecule has 0 N–H and O–H groups in total. The van der Waals surface area contributed by atoms with Gasteiger partial charge in [-0.3, -0.25) is 0 Å². The van der Waals surface area contributed by atoms with Crippen molar-refractivity contribution in [1.29, 1.82) is 0 Å². The molecule has 5 heteroatoms. The molecular weight excluding hydrogens is 1470 g/mol. The molecule has 2 aliphatic rings. The molecule has 14 aromatic carbocycles. The van der Waals surface area contributed by atoms with Crippen molar-refractivity contribution in [3.8, 4) is 55.6 Å². The van der Waals surface area contributed by atoms with Crippen LogP contribution in [0.5, 0.6) is 0 Å². The van der Waals surface area contributed by atoms with Gasteiger partial charge in [-0.15, -0.1) is 11.3 Å². The van der Waals surface area contributed by atoms with Gasteiger partial charge in [-0.1, -0.05) is 357 Å². The SMILES string of the molecule is Cc1ccc(-c2c(C(C)C)cc(C(C)C)cc2C(C)C)cc1.Cc1ccc(-c2c(C)cc(C(C)C)cc2C)cc1.Cc1ccc(-c2c(C)cc(C)cc2C)cc1.Cc1ccc2c(c1)C(C)(C(F)(F)F)c1ccccc1-2.Cc1ccc2c(c1)C(C)(C)c1ccccc1-2.Cc1ccc2c(c1)oc1ccccc12.Cc1ccc2c(c1)sc1ccccc12. The van der Waals surface area contributed by atoms with Crippen molar-refractivity contribution in [2.75, 3.05) is 0 Å². The summed E-state index contributed by atoms with van der Waals surface area (Å²) >= 11 is 1.88. The lowest BCUT2D eigenvalue weighted by atomic mass is 9.79. The first-order valence-electron chi connectivity index (χ1n) is 42.3. The van der Waals surface area contributed by atoms with Crippen molar-refractivity contribution in [2.24, 2.45) is 0 Å². The molecule has 16 aromatic rings. The van der Waals surface area contributed by atoms with Crippen LogP contribution in [0.1, 0.15) is 211 Å². The number of furan rings is 1. The summed E-state index contributed by atoms with van der Waals surface area (Å²) in [5, 5.41) is 5.16. The van der Waals surface area contributed by atoms with E-state index in [2.05, 4.69) is 364 Å². The molecule has 18 rings (SSSR count). The molecule has 2 aliphatic carbocycles. The minimum absolute atomic E-state index is 0.151. The zero-order valence-corrected chi connectivity index (χ0v) is 75.1. The molecule has 0 radical (unpaired) electrons. The van der Waals surface area contributed by atoms with Crippen LogP contribution in [0.2, 0.25) is 0 Å². The van der Waals surface area contributed by atoms with Crippen molar-refractivity contribution < 1.29 is 17.6 Å². The van der Waals surface area contributed by atoms with E-state index >= 15 is 0 Å². The number of aryl methyl sites for hydroxylation is 12. The van der Waals surface area contributed by atoms with E-state index in [9.17, 15) is 13.2 Å². The quantitative estimate of drug-likeness (QED) is 0.155. The fourth-order valence-electron chi connectivity index (χ4n) is 17.3. The van der Waals surface area contributed by atoms with Gasteiger partial charge in [-0.05, 0) is 271 Å². The highest BCUT2D eigenvalue weighted by Gasteiger charge is 2.58. The van der Waals surface area contributed by atoms with Gasteiger partial charge in [-0.2, -0.15) is 13.2 Å². The second kappa shape index (κ2) is 36.6. The maximum absolute atomic E-state index is 13.6. The van der Waals surface area contributed by atoms with Crippen LogP contribution in [0.3, 0.4) is 0 Å². The monoisotopic (exact) mass is 1590 g/mol. The topological polar surface area (TPSA) is 13.1 Å². The molecule has 608 valence electrons. The first kappa shape index (κ1) is 87.2. The maximum Gasteiger partial charge on any atom is 0.402 e. The van der Waals surface area contributed by atoms with E-state index in [0.29, 0.717) is 45.9 Å². The number of halogens is 3. The molecule has 0 spiro atoms. The molecule has 2 heterocycles. The number of hydrogen-bond donors (Lipinski definition) is 0. The normalized spacial score (nSPS) is 13.4. The predicted octanol–water partition coefficient (Wildman–Crippen LogP) is 34.4. The lowest BCUT2D eigenvalue weighted by molar-refractivity contribution is -0.172. The van der Waals surface area contributed by atoms with Crippen molar-refractivity contribution in [3.05, 3.63) is 390 Å². The second-order valence-electron chi connectivity index (χ2n) is 35.2. The number of hydrogen-bond acceptors (Lipinski definition) is 2. The van der Waals surface area contributed by atoms with Gasteiger partial charge in [0.1, 0.15) is 16.6 Å². The highest BCUT2D eigenvalue weighted by molar-refractivity contribution is 7.25. The standard InChI is InChI=1S/C22H30.C18H22.C16H13F3.C16H16.C16H18.C13H10O.C13H10S/c1-14(2)19-12-20(15(3)4)22(21(13-19)16(5)6)18-10-8-17(7)9-11-18;1-12(2)17-10-14(4)18(15(5)11-17)16-8-6-13(3)7-9-16;1-10-7-8-12-11-5-3-4-6-13(11)15(2,14(12)9-10)16(17,18)19;1-11-8-9-13-12-6-4-5-7-14(12)16(2,3)15(13)10-11;1-11-5-7-15(8-6-11)16-13(3)9-12(2)10-14(16)4;2*1-9-6-7-11-10-4-2-3-5-12(10)14-13(11)8-9/h8-16H,1-7H3;6-12H,1-5H3;3-9H,1-2H3;4-10H,1-3H3;5-10H,1-4H3;2*2-8H,1H3. The summed E-state index contributed by atoms with van der Waals surface area (Å²) in [6.07, 6.45) is -4.30. The van der Waals surface area contributed by atoms with E-state index in [-0.39, 0.29) is 5.41 Å². The molecule has 119 heavy (non-hydrogen) atoms. The molecule has 0 fully saturated rings. The third-order valence-corrected chi connectivity index (χ3v) is 25.0. The molecule has 0 aliphatic heterocycles. The van der Waals surface area contributed by atoms with Crippen LogP contribution in [-0.4, -0.2) is 6.18 Å². The van der Waals surface area contributed by atoms with Gasteiger partial charge >= 0.3 is 6.18 Å². The Labute approximate surface area is 712 Å². The van der Waals surface area contributed by atoms with E-state index in [1.54, 1.807) is 36.4 Å². The lowest BCUT2D eigenvalue weighted by Crippen LogP contribution is -2.38. The molecule has 1 atom stereocenters. The van der Waals surface area contributed by atoms with Gasteiger partial charge in [0.25, 0.3) is 0 Å². The minimum Gasteiger partial charge on any atom is -0.456 e. The van der Waals surface area contributed by atoms with Gasteiger partial charge in [0.05, 0.1) is 0 Å². The third-order valence-electron chi connectivity index (χ3n) is 23.9. The summed E-state index contributed by atoms with van der Waals surface area (Å²) in [5.41, 5.74) is 37.6. The highest BCUT2D eigenvalue weighted by Crippen LogP contribution is 2.57. The average molecular weight is 1590 g/mol. The van der Waals surface area contributed by atoms with Crippen molar-refractivity contribution >= 4 is 53.4 Å². The van der Waals surface area contributed by atoms with Gasteiger partial charge in [0, 0.05) is 36.4 Å². The molecule has 2 aromatic heterocycles. The zero-order chi connectivity index (χ0) is 85.7. The zero-order valence-electron chi connectivity index (χ0n) is 74.3. The molecule has 0 bridgehead atoms. The van der Waals surface area contributed by atoms with Crippen LogP contribution in [0, 0.1) is 83.1 Å². The smallest absolute Gasteiger partial charge is 0.402 e. The highest BCUT2D eigenvalue weighted by atomic mass is 32.1. The Morgan fingerprint density at radius 3 is 1.14 bits per heavy atom. The summed E-state index contributed by atoms with van der Waals surface area (Å²) in [6.45, 7) is 49.8. The fraction of sp³-hybridized carbons (Fsp3) is 0.263. The Morgan fingerprint density at radius 2 is 0.639 bits per heavy atom. The summed E-state index contributed by atoms with van der Waals surface area (Å²) in [5.74, 6) is 2.23. The predicted molar refractivity (Wildman–Crippen MR) is 510 cm³/mol. The average Bonchev–Trinajstić information content (AvgIpc) is 1.57. The van der Waals surface area contributed by atoms with Crippen molar-refractivity contribution in [3.63, 3.8) is 0 Å². The Kier molecular flexibility index (Phi) is 26.8. The van der Waals surface area contributed by atoms with Crippen LogP contribution < -0.4 is 0 Å². The molecule has 1 nitrogen and oxygen atoms in total. The summed E-state index contributed by atoms with van der Waals surface area (Å²) in [4.78, 5) is 0. The lowest BCUT2D eigenvalue weighted by Gasteiger charge is -2.30. The molecule has 0 saturated carbocycles. The fourth-order valence-corrected chi connectivity index (χ4v) is 18.5. The van der Waals surface area contributed by atoms with Crippen LogP contribution in [0.25, 0.3) is 97.7 Å². The molecule has 0 saturated heterocycles. The van der Waals surface area contributed by atoms with Gasteiger partial charge < -0.3 is 4.42 Å². The Balaban J connectivity index is 0.000000128. The summed E-state index contributed by atoms with van der Waals surface area (Å²) in [6, 6.07) is 98.0. The van der Waals surface area contributed by atoms with Gasteiger partial charge in [0.15, 0.2) is 0 Å². The van der Waals surface area contributed by atoms with Gasteiger partial charge in [0.2, 0.25) is 0 Å². The van der Waals surface area contributed by atoms with E-state index in [1.807, 2.05) is 42.5 Å². The van der Waals surface area contributed by atoms with E-state index < -0.39 is 11.6 Å². The van der Waals surface area contributed by atoms with E-state index in [1.165, 1.54) is 177 Å². The van der Waals surface area contributed by atoms with E-state index in [0.717, 1.165) is 16.7 Å². The number of benzene rings is 14. The largest absolute Gasteiger partial charge is 0.456 e. The van der Waals surface area contributed by atoms with E-state index in [4.69, 9.17) is 4.42 Å². The Hall–Kier alpha value is -11.1. The summed E-state index contributed by atoms with van der Waals surface area (Å²) < 4.78 is 49.4.